The molecule has 5 nitrogen and oxygen atoms in total. The van der Waals surface area contributed by atoms with Gasteiger partial charge < -0.3 is 10.2 Å². The standard InChI is InChI=1S/C19H20N4O/c1-14-4-3-9-23(13-14)17-7-8-18(21-12-17)19(24)22-16-6-2-5-15(10-16)11-20/h2,5-8,10,12,14H,3-4,9,13H2,1H3,(H,22,24). The van der Waals surface area contributed by atoms with Crippen molar-refractivity contribution in [3.8, 4) is 6.07 Å². The summed E-state index contributed by atoms with van der Waals surface area (Å²) in [7, 11) is 0. The normalized spacial score (nSPS) is 17.2. The van der Waals surface area contributed by atoms with Crippen LogP contribution in [-0.4, -0.2) is 24.0 Å². The van der Waals surface area contributed by atoms with Gasteiger partial charge in [-0.05, 0) is 49.1 Å². The minimum atomic E-state index is -0.274. The Kier molecular flexibility index (Phi) is 4.76. The Labute approximate surface area is 141 Å². The third-order valence-corrected chi connectivity index (χ3v) is 4.25. The topological polar surface area (TPSA) is 69.0 Å². The third-order valence-electron chi connectivity index (χ3n) is 4.25. The maximum atomic E-state index is 12.3. The number of aromatic nitrogens is 1. The molecule has 1 N–H and O–H groups in total. The largest absolute Gasteiger partial charge is 0.370 e. The van der Waals surface area contributed by atoms with Crippen molar-refractivity contribution < 1.29 is 4.79 Å². The van der Waals surface area contributed by atoms with Crippen molar-refractivity contribution in [2.45, 2.75) is 19.8 Å². The average molecular weight is 320 g/mol. The molecule has 1 saturated heterocycles. The molecule has 0 radical (unpaired) electrons. The number of anilines is 2. The van der Waals surface area contributed by atoms with Crippen molar-refractivity contribution in [1.82, 2.24) is 4.98 Å². The van der Waals surface area contributed by atoms with Crippen molar-refractivity contribution >= 4 is 17.3 Å². The molecule has 1 aliphatic rings. The van der Waals surface area contributed by atoms with Gasteiger partial charge in [0.25, 0.3) is 5.91 Å². The number of hydrogen-bond acceptors (Lipinski definition) is 4. The van der Waals surface area contributed by atoms with E-state index in [1.165, 1.54) is 12.8 Å². The van der Waals surface area contributed by atoms with E-state index in [0.29, 0.717) is 22.9 Å². The fourth-order valence-electron chi connectivity index (χ4n) is 2.99. The van der Waals surface area contributed by atoms with Crippen molar-refractivity contribution in [2.75, 3.05) is 23.3 Å². The van der Waals surface area contributed by atoms with Crippen molar-refractivity contribution in [1.29, 1.82) is 5.26 Å². The van der Waals surface area contributed by atoms with Crippen LogP contribution in [0.4, 0.5) is 11.4 Å². The third kappa shape index (κ3) is 3.72. The molecule has 1 aliphatic heterocycles. The number of piperidine rings is 1. The monoisotopic (exact) mass is 320 g/mol. The maximum Gasteiger partial charge on any atom is 0.274 e. The van der Waals surface area contributed by atoms with Gasteiger partial charge in [-0.2, -0.15) is 5.26 Å². The number of pyridine rings is 1. The van der Waals surface area contributed by atoms with Gasteiger partial charge in [0.15, 0.2) is 0 Å². The number of rotatable bonds is 3. The molecule has 0 saturated carbocycles. The lowest BCUT2D eigenvalue weighted by molar-refractivity contribution is 0.102. The fourth-order valence-corrected chi connectivity index (χ4v) is 2.99. The van der Waals surface area contributed by atoms with Gasteiger partial charge >= 0.3 is 0 Å². The van der Waals surface area contributed by atoms with Crippen LogP contribution < -0.4 is 10.2 Å². The van der Waals surface area contributed by atoms with E-state index in [1.807, 2.05) is 6.07 Å². The van der Waals surface area contributed by atoms with E-state index in [-0.39, 0.29) is 5.91 Å². The minimum absolute atomic E-state index is 0.274. The number of nitrogens with zero attached hydrogens (tertiary/aromatic N) is 3. The summed E-state index contributed by atoms with van der Waals surface area (Å²) in [5.41, 5.74) is 2.53. The highest BCUT2D eigenvalue weighted by molar-refractivity contribution is 6.03. The molecule has 1 aromatic heterocycles. The molecule has 1 unspecified atom stereocenters. The summed E-state index contributed by atoms with van der Waals surface area (Å²) >= 11 is 0. The first-order valence-corrected chi connectivity index (χ1v) is 8.18. The van der Waals surface area contributed by atoms with Crippen LogP contribution in [0.2, 0.25) is 0 Å². The van der Waals surface area contributed by atoms with Crippen LogP contribution in [0.25, 0.3) is 0 Å². The SMILES string of the molecule is CC1CCCN(c2ccc(C(=O)Nc3cccc(C#N)c3)nc2)C1. The molecular formula is C19H20N4O. The van der Waals surface area contributed by atoms with Gasteiger partial charge in [-0.3, -0.25) is 4.79 Å². The second-order valence-corrected chi connectivity index (χ2v) is 6.24. The quantitative estimate of drug-likeness (QED) is 0.940. The number of carbonyl (C=O) groups excluding carboxylic acids is 1. The predicted octanol–water partition coefficient (Wildman–Crippen LogP) is 3.44. The van der Waals surface area contributed by atoms with Gasteiger partial charge in [0, 0.05) is 18.8 Å². The first kappa shape index (κ1) is 16.0. The number of nitriles is 1. The summed E-state index contributed by atoms with van der Waals surface area (Å²) in [6, 6.07) is 12.6. The van der Waals surface area contributed by atoms with Gasteiger partial charge in [-0.15, -0.1) is 0 Å². The average Bonchev–Trinajstić information content (AvgIpc) is 2.62. The smallest absolute Gasteiger partial charge is 0.274 e. The van der Waals surface area contributed by atoms with Crippen LogP contribution in [0.3, 0.4) is 0 Å². The summed E-state index contributed by atoms with van der Waals surface area (Å²) in [5, 5.41) is 11.7. The number of benzene rings is 1. The highest BCUT2D eigenvalue weighted by Gasteiger charge is 2.17. The Morgan fingerprint density at radius 1 is 1.38 bits per heavy atom. The molecule has 0 aliphatic carbocycles. The molecule has 122 valence electrons. The lowest BCUT2D eigenvalue weighted by Crippen LogP contribution is -2.34. The molecule has 3 rings (SSSR count). The first-order valence-electron chi connectivity index (χ1n) is 8.18. The Balaban J connectivity index is 1.68. The van der Waals surface area contributed by atoms with Crippen LogP contribution in [-0.2, 0) is 0 Å². The number of nitrogens with one attached hydrogen (secondary N) is 1. The summed E-state index contributed by atoms with van der Waals surface area (Å²) in [6.45, 7) is 4.34. The second-order valence-electron chi connectivity index (χ2n) is 6.24. The predicted molar refractivity (Wildman–Crippen MR) is 94.0 cm³/mol. The van der Waals surface area contributed by atoms with Crippen molar-refractivity contribution in [3.63, 3.8) is 0 Å². The highest BCUT2D eigenvalue weighted by atomic mass is 16.1. The first-order chi connectivity index (χ1) is 11.7. The van der Waals surface area contributed by atoms with E-state index in [9.17, 15) is 4.79 Å². The summed E-state index contributed by atoms with van der Waals surface area (Å²) < 4.78 is 0. The van der Waals surface area contributed by atoms with E-state index in [2.05, 4.69) is 28.2 Å². The van der Waals surface area contributed by atoms with E-state index < -0.39 is 0 Å². The molecule has 1 aromatic carbocycles. The fraction of sp³-hybridized carbons (Fsp3) is 0.316. The second kappa shape index (κ2) is 7.14. The Morgan fingerprint density at radius 3 is 2.96 bits per heavy atom. The van der Waals surface area contributed by atoms with E-state index in [0.717, 1.165) is 18.8 Å². The lowest BCUT2D eigenvalue weighted by atomic mass is 10.00. The molecule has 24 heavy (non-hydrogen) atoms. The molecule has 2 heterocycles. The van der Waals surface area contributed by atoms with Crippen LogP contribution in [0.15, 0.2) is 42.6 Å². The molecule has 0 bridgehead atoms. The molecule has 1 amide bonds. The van der Waals surface area contributed by atoms with Gasteiger partial charge in [-0.1, -0.05) is 13.0 Å². The molecule has 1 fully saturated rings. The van der Waals surface area contributed by atoms with Crippen LogP contribution in [0, 0.1) is 17.2 Å². The zero-order valence-electron chi connectivity index (χ0n) is 13.7. The molecular weight excluding hydrogens is 300 g/mol. The van der Waals surface area contributed by atoms with E-state index in [1.54, 1.807) is 36.5 Å². The van der Waals surface area contributed by atoms with Crippen LogP contribution in [0.1, 0.15) is 35.8 Å². The van der Waals surface area contributed by atoms with Crippen molar-refractivity contribution in [3.05, 3.63) is 53.9 Å². The lowest BCUT2D eigenvalue weighted by Gasteiger charge is -2.32. The molecule has 0 spiro atoms. The number of hydrogen-bond donors (Lipinski definition) is 1. The van der Waals surface area contributed by atoms with Gasteiger partial charge in [-0.25, -0.2) is 4.98 Å². The van der Waals surface area contributed by atoms with Gasteiger partial charge in [0.2, 0.25) is 0 Å². The zero-order chi connectivity index (χ0) is 16.9. The summed E-state index contributed by atoms with van der Waals surface area (Å²) in [4.78, 5) is 18.9. The molecule has 5 heteroatoms. The number of carbonyl (C=O) groups is 1. The Hall–Kier alpha value is -2.87. The highest BCUT2D eigenvalue weighted by Crippen LogP contribution is 2.22. The maximum absolute atomic E-state index is 12.3. The van der Waals surface area contributed by atoms with E-state index >= 15 is 0 Å². The van der Waals surface area contributed by atoms with E-state index in [4.69, 9.17) is 5.26 Å². The van der Waals surface area contributed by atoms with Crippen LogP contribution in [0.5, 0.6) is 0 Å². The summed E-state index contributed by atoms with van der Waals surface area (Å²) in [5.74, 6) is 0.415. The van der Waals surface area contributed by atoms with Gasteiger partial charge in [0.1, 0.15) is 5.69 Å². The van der Waals surface area contributed by atoms with Gasteiger partial charge in [0.05, 0.1) is 23.5 Å². The molecule has 2 aromatic rings. The Bertz CT molecular complexity index is 764. The minimum Gasteiger partial charge on any atom is -0.370 e. The summed E-state index contributed by atoms with van der Waals surface area (Å²) in [6.07, 6.45) is 4.23. The van der Waals surface area contributed by atoms with Crippen LogP contribution >= 0.6 is 0 Å². The zero-order valence-corrected chi connectivity index (χ0v) is 13.7. The molecule has 1 atom stereocenters. The Morgan fingerprint density at radius 2 is 2.25 bits per heavy atom. The number of amides is 1. The van der Waals surface area contributed by atoms with Crippen molar-refractivity contribution in [2.24, 2.45) is 5.92 Å².